The smallest absolute Gasteiger partial charge is 0.412 e. The number of nitrogen functional groups attached to an aromatic ring is 1. The maximum atomic E-state index is 11.7. The number of amides is 1. The van der Waals surface area contributed by atoms with Gasteiger partial charge in [-0.25, -0.2) is 9.59 Å². The van der Waals surface area contributed by atoms with Crippen LogP contribution in [0.2, 0.25) is 0 Å². The minimum absolute atomic E-state index is 0.0473. The first-order valence-electron chi connectivity index (χ1n) is 5.73. The van der Waals surface area contributed by atoms with Crippen molar-refractivity contribution in [2.75, 3.05) is 11.1 Å². The minimum atomic E-state index is -1.10. The van der Waals surface area contributed by atoms with E-state index < -0.39 is 17.7 Å². The summed E-state index contributed by atoms with van der Waals surface area (Å²) in [5.74, 6) is -1.10. The Balaban J connectivity index is 3.02. The number of aromatic carboxylic acids is 1. The maximum absolute atomic E-state index is 11.7. The molecule has 0 radical (unpaired) electrons. The second kappa shape index (κ2) is 5.17. The molecule has 0 atom stereocenters. The van der Waals surface area contributed by atoms with Gasteiger partial charge in [0.1, 0.15) is 5.60 Å². The lowest BCUT2D eigenvalue weighted by molar-refractivity contribution is 0.0632. The molecule has 1 aromatic rings. The molecule has 0 aromatic heterocycles. The number of nitrogens with two attached hydrogens (primary N) is 1. The molecule has 0 spiro atoms. The van der Waals surface area contributed by atoms with Crippen LogP contribution in [-0.4, -0.2) is 22.8 Å². The van der Waals surface area contributed by atoms with Gasteiger partial charge in [-0.3, -0.25) is 5.32 Å². The molecule has 0 saturated carbocycles. The first-order chi connectivity index (χ1) is 8.60. The highest BCUT2D eigenvalue weighted by Crippen LogP contribution is 2.24. The summed E-state index contributed by atoms with van der Waals surface area (Å²) in [6.45, 7) is 6.81. The number of carbonyl (C=O) groups is 2. The number of hydrogen-bond acceptors (Lipinski definition) is 4. The van der Waals surface area contributed by atoms with Crippen molar-refractivity contribution in [3.05, 3.63) is 23.3 Å². The molecule has 0 heterocycles. The molecule has 6 heteroatoms. The predicted octanol–water partition coefficient (Wildman–Crippen LogP) is 2.62. The Morgan fingerprint density at radius 3 is 2.37 bits per heavy atom. The SMILES string of the molecule is Cc1c(NC(=O)OC(C)(C)C)cc(N)cc1C(=O)O. The van der Waals surface area contributed by atoms with Crippen LogP contribution in [0.1, 0.15) is 36.7 Å². The van der Waals surface area contributed by atoms with Crippen LogP contribution >= 0.6 is 0 Å². The number of carboxylic acid groups (broad SMARTS) is 1. The first-order valence-corrected chi connectivity index (χ1v) is 5.73. The molecule has 1 amide bonds. The molecule has 0 aliphatic carbocycles. The van der Waals surface area contributed by atoms with E-state index in [4.69, 9.17) is 15.6 Å². The third-order valence-electron chi connectivity index (χ3n) is 2.30. The Hall–Kier alpha value is -2.24. The van der Waals surface area contributed by atoms with Gasteiger partial charge in [0.25, 0.3) is 0 Å². The van der Waals surface area contributed by atoms with E-state index in [0.29, 0.717) is 11.3 Å². The standard InChI is InChI=1S/C13H18N2O4/c1-7-9(11(16)17)5-8(14)6-10(7)15-12(18)19-13(2,3)4/h5-6H,14H2,1-4H3,(H,15,18)(H,16,17). The Labute approximate surface area is 111 Å². The van der Waals surface area contributed by atoms with Gasteiger partial charge in [-0.2, -0.15) is 0 Å². The van der Waals surface area contributed by atoms with Crippen LogP contribution in [0.4, 0.5) is 16.2 Å². The maximum Gasteiger partial charge on any atom is 0.412 e. The van der Waals surface area contributed by atoms with E-state index in [9.17, 15) is 9.59 Å². The van der Waals surface area contributed by atoms with Crippen LogP contribution in [0, 0.1) is 6.92 Å². The number of nitrogens with one attached hydrogen (secondary N) is 1. The second-order valence-electron chi connectivity index (χ2n) is 5.17. The molecule has 0 bridgehead atoms. The monoisotopic (exact) mass is 266 g/mol. The molecular weight excluding hydrogens is 248 g/mol. The number of rotatable bonds is 2. The van der Waals surface area contributed by atoms with Crippen LogP contribution < -0.4 is 11.1 Å². The summed E-state index contributed by atoms with van der Waals surface area (Å²) < 4.78 is 5.10. The molecule has 6 nitrogen and oxygen atoms in total. The molecule has 0 saturated heterocycles. The number of ether oxygens (including phenoxy) is 1. The lowest BCUT2D eigenvalue weighted by Crippen LogP contribution is -2.27. The van der Waals surface area contributed by atoms with Crippen molar-refractivity contribution in [3.8, 4) is 0 Å². The zero-order valence-corrected chi connectivity index (χ0v) is 11.4. The summed E-state index contributed by atoms with van der Waals surface area (Å²) in [6, 6.07) is 2.84. The Morgan fingerprint density at radius 2 is 1.89 bits per heavy atom. The van der Waals surface area contributed by atoms with Gasteiger partial charge in [0.15, 0.2) is 0 Å². The van der Waals surface area contributed by atoms with Crippen LogP contribution in [-0.2, 0) is 4.74 Å². The van der Waals surface area contributed by atoms with Crippen LogP contribution in [0.3, 0.4) is 0 Å². The molecule has 0 aliphatic rings. The van der Waals surface area contributed by atoms with E-state index in [1.807, 2.05) is 0 Å². The molecule has 19 heavy (non-hydrogen) atoms. The summed E-state index contributed by atoms with van der Waals surface area (Å²) in [5, 5.41) is 11.5. The van der Waals surface area contributed by atoms with Crippen molar-refractivity contribution in [1.82, 2.24) is 0 Å². The average molecular weight is 266 g/mol. The van der Waals surface area contributed by atoms with Crippen molar-refractivity contribution in [2.45, 2.75) is 33.3 Å². The van der Waals surface area contributed by atoms with Crippen molar-refractivity contribution < 1.29 is 19.4 Å². The fraction of sp³-hybridized carbons (Fsp3) is 0.385. The minimum Gasteiger partial charge on any atom is -0.478 e. The average Bonchev–Trinajstić information content (AvgIpc) is 2.19. The van der Waals surface area contributed by atoms with Gasteiger partial charge >= 0.3 is 12.1 Å². The van der Waals surface area contributed by atoms with E-state index in [1.165, 1.54) is 12.1 Å². The van der Waals surface area contributed by atoms with E-state index in [1.54, 1.807) is 27.7 Å². The number of anilines is 2. The highest BCUT2D eigenvalue weighted by atomic mass is 16.6. The lowest BCUT2D eigenvalue weighted by Gasteiger charge is -2.20. The Kier molecular flexibility index (Phi) is 4.04. The van der Waals surface area contributed by atoms with E-state index in [-0.39, 0.29) is 11.3 Å². The number of carbonyl (C=O) groups excluding carboxylic acids is 1. The third-order valence-corrected chi connectivity index (χ3v) is 2.30. The first kappa shape index (κ1) is 14.8. The van der Waals surface area contributed by atoms with Gasteiger partial charge in [-0.1, -0.05) is 0 Å². The highest BCUT2D eigenvalue weighted by Gasteiger charge is 2.18. The Bertz CT molecular complexity index is 518. The normalized spacial score (nSPS) is 10.9. The number of benzene rings is 1. The molecule has 1 aromatic carbocycles. The lowest BCUT2D eigenvalue weighted by atomic mass is 10.1. The van der Waals surface area contributed by atoms with Gasteiger partial charge < -0.3 is 15.6 Å². The molecule has 0 unspecified atom stereocenters. The highest BCUT2D eigenvalue weighted by molar-refractivity contribution is 5.95. The van der Waals surface area contributed by atoms with Gasteiger partial charge in [0.2, 0.25) is 0 Å². The van der Waals surface area contributed by atoms with Gasteiger partial charge in [0.05, 0.1) is 5.56 Å². The fourth-order valence-electron chi connectivity index (χ4n) is 1.50. The van der Waals surface area contributed by atoms with Crippen LogP contribution in [0.5, 0.6) is 0 Å². The zero-order chi connectivity index (χ0) is 14.8. The molecular formula is C13H18N2O4. The van der Waals surface area contributed by atoms with E-state index in [2.05, 4.69) is 5.32 Å². The second-order valence-corrected chi connectivity index (χ2v) is 5.17. The molecule has 4 N–H and O–H groups in total. The van der Waals surface area contributed by atoms with Crippen molar-refractivity contribution in [1.29, 1.82) is 0 Å². The topological polar surface area (TPSA) is 102 Å². The van der Waals surface area contributed by atoms with Crippen molar-refractivity contribution in [3.63, 3.8) is 0 Å². The Morgan fingerprint density at radius 1 is 1.32 bits per heavy atom. The molecule has 0 aliphatic heterocycles. The van der Waals surface area contributed by atoms with Gasteiger partial charge in [-0.05, 0) is 45.4 Å². The zero-order valence-electron chi connectivity index (χ0n) is 11.4. The summed E-state index contributed by atoms with van der Waals surface area (Å²) in [5.41, 5.74) is 6.04. The van der Waals surface area contributed by atoms with Crippen molar-refractivity contribution in [2.24, 2.45) is 0 Å². The summed E-state index contributed by atoms with van der Waals surface area (Å²) in [4.78, 5) is 22.7. The molecule has 1 rings (SSSR count). The summed E-state index contributed by atoms with van der Waals surface area (Å²) in [7, 11) is 0. The van der Waals surface area contributed by atoms with E-state index >= 15 is 0 Å². The molecule has 0 fully saturated rings. The largest absolute Gasteiger partial charge is 0.478 e. The quantitative estimate of drug-likeness (QED) is 0.714. The fourth-order valence-corrected chi connectivity index (χ4v) is 1.50. The summed E-state index contributed by atoms with van der Waals surface area (Å²) >= 11 is 0. The predicted molar refractivity (Wildman–Crippen MR) is 72.4 cm³/mol. The summed E-state index contributed by atoms with van der Waals surface area (Å²) in [6.07, 6.45) is -0.655. The van der Waals surface area contributed by atoms with E-state index in [0.717, 1.165) is 0 Å². The van der Waals surface area contributed by atoms with Gasteiger partial charge in [0, 0.05) is 11.4 Å². The van der Waals surface area contributed by atoms with Crippen LogP contribution in [0.25, 0.3) is 0 Å². The molecule has 104 valence electrons. The van der Waals surface area contributed by atoms with Crippen LogP contribution in [0.15, 0.2) is 12.1 Å². The number of carboxylic acids is 1. The van der Waals surface area contributed by atoms with Crippen molar-refractivity contribution >= 4 is 23.4 Å². The third kappa shape index (κ3) is 4.17. The number of hydrogen-bond donors (Lipinski definition) is 3. The van der Waals surface area contributed by atoms with Gasteiger partial charge in [-0.15, -0.1) is 0 Å².